The Bertz CT molecular complexity index is 1040. The first-order valence-electron chi connectivity index (χ1n) is 10.9. The molecule has 2 rings (SSSR count). The number of hydrogen-bond acceptors (Lipinski definition) is 8. The minimum absolute atomic E-state index is 0.107. The van der Waals surface area contributed by atoms with Crippen molar-refractivity contribution in [3.05, 3.63) is 58.5 Å². The summed E-state index contributed by atoms with van der Waals surface area (Å²) in [5.41, 5.74) is 2.61. The topological polar surface area (TPSA) is 110 Å². The summed E-state index contributed by atoms with van der Waals surface area (Å²) in [5.74, 6) is -2.13. The van der Waals surface area contributed by atoms with E-state index < -0.39 is 36.2 Å². The molecule has 0 aliphatic carbocycles. The van der Waals surface area contributed by atoms with E-state index in [1.807, 2.05) is 0 Å². The van der Waals surface area contributed by atoms with Crippen molar-refractivity contribution in [2.75, 3.05) is 6.61 Å². The highest BCUT2D eigenvalue weighted by Crippen LogP contribution is 2.40. The summed E-state index contributed by atoms with van der Waals surface area (Å²) >= 11 is 0. The number of carbonyl (C=O) groups is 4. The summed E-state index contributed by atoms with van der Waals surface area (Å²) in [6.45, 7) is 9.52. The molecular weight excluding hydrogens is 442 g/mol. The zero-order chi connectivity index (χ0) is 25.4. The van der Waals surface area contributed by atoms with Crippen LogP contribution in [0.15, 0.2) is 47.2 Å². The SMILES string of the molecule is CC=C(C)C(=O)OCC(=CC)C(=O)OCc1ccn2c1C(OC(=O)C=C(C)C)CC2OC(C)=O. The molecular formula is C25H31NO8. The fourth-order valence-corrected chi connectivity index (χ4v) is 3.34. The fourth-order valence-electron chi connectivity index (χ4n) is 3.34. The Morgan fingerprint density at radius 2 is 1.71 bits per heavy atom. The molecule has 0 aromatic carbocycles. The van der Waals surface area contributed by atoms with Crippen molar-refractivity contribution in [1.82, 2.24) is 4.57 Å². The number of fused-ring (bicyclic) bond motifs is 1. The summed E-state index contributed by atoms with van der Waals surface area (Å²) in [6, 6.07) is 1.71. The molecule has 2 unspecified atom stereocenters. The van der Waals surface area contributed by atoms with Crippen LogP contribution in [0.2, 0.25) is 0 Å². The number of allylic oxidation sites excluding steroid dienone is 3. The second-order valence-corrected chi connectivity index (χ2v) is 8.02. The molecule has 34 heavy (non-hydrogen) atoms. The number of nitrogens with zero attached hydrogens (tertiary/aromatic N) is 1. The normalized spacial score (nSPS) is 17.5. The lowest BCUT2D eigenvalue weighted by molar-refractivity contribution is -0.153. The van der Waals surface area contributed by atoms with Gasteiger partial charge in [-0.25, -0.2) is 14.4 Å². The van der Waals surface area contributed by atoms with E-state index in [0.717, 1.165) is 5.57 Å². The Balaban J connectivity index is 2.14. The number of ether oxygens (including phenoxy) is 4. The van der Waals surface area contributed by atoms with Crippen molar-refractivity contribution >= 4 is 23.9 Å². The monoisotopic (exact) mass is 473 g/mol. The molecule has 0 amide bonds. The number of hydrogen-bond donors (Lipinski definition) is 0. The number of esters is 4. The van der Waals surface area contributed by atoms with E-state index in [2.05, 4.69) is 0 Å². The molecule has 0 saturated carbocycles. The third kappa shape index (κ3) is 6.94. The molecule has 1 aromatic heterocycles. The van der Waals surface area contributed by atoms with Crippen LogP contribution in [0.4, 0.5) is 0 Å². The maximum Gasteiger partial charge on any atom is 0.337 e. The third-order valence-corrected chi connectivity index (χ3v) is 5.12. The van der Waals surface area contributed by atoms with Crippen molar-refractivity contribution in [2.24, 2.45) is 0 Å². The van der Waals surface area contributed by atoms with E-state index >= 15 is 0 Å². The molecule has 0 bridgehead atoms. The van der Waals surface area contributed by atoms with Gasteiger partial charge >= 0.3 is 23.9 Å². The van der Waals surface area contributed by atoms with Gasteiger partial charge < -0.3 is 23.5 Å². The maximum absolute atomic E-state index is 12.5. The second kappa shape index (κ2) is 12.0. The van der Waals surface area contributed by atoms with Crippen LogP contribution in [-0.2, 0) is 44.7 Å². The molecule has 0 radical (unpaired) electrons. The molecule has 9 nitrogen and oxygen atoms in total. The largest absolute Gasteiger partial charge is 0.457 e. The van der Waals surface area contributed by atoms with Gasteiger partial charge in [-0.15, -0.1) is 0 Å². The van der Waals surface area contributed by atoms with Crippen LogP contribution in [0.3, 0.4) is 0 Å². The van der Waals surface area contributed by atoms with E-state index in [1.54, 1.807) is 57.5 Å². The van der Waals surface area contributed by atoms with Crippen LogP contribution in [0.1, 0.15) is 71.6 Å². The zero-order valence-electron chi connectivity index (χ0n) is 20.4. The Labute approximate surface area is 199 Å². The Kier molecular flexibility index (Phi) is 9.41. The molecule has 9 heteroatoms. The predicted molar refractivity (Wildman–Crippen MR) is 122 cm³/mol. The highest BCUT2D eigenvalue weighted by Gasteiger charge is 2.37. The highest BCUT2D eigenvalue weighted by molar-refractivity contribution is 5.91. The average Bonchev–Trinajstić information content (AvgIpc) is 3.32. The summed E-state index contributed by atoms with van der Waals surface area (Å²) < 4.78 is 23.2. The van der Waals surface area contributed by atoms with Crippen molar-refractivity contribution in [1.29, 1.82) is 0 Å². The minimum atomic E-state index is -0.679. The van der Waals surface area contributed by atoms with Crippen LogP contribution in [0, 0.1) is 0 Å². The van der Waals surface area contributed by atoms with Crippen LogP contribution >= 0.6 is 0 Å². The van der Waals surface area contributed by atoms with Crippen molar-refractivity contribution in [3.8, 4) is 0 Å². The maximum atomic E-state index is 12.5. The molecule has 184 valence electrons. The molecule has 0 spiro atoms. The Morgan fingerprint density at radius 3 is 2.29 bits per heavy atom. The molecule has 1 aromatic rings. The second-order valence-electron chi connectivity index (χ2n) is 8.02. The average molecular weight is 474 g/mol. The smallest absolute Gasteiger partial charge is 0.337 e. The van der Waals surface area contributed by atoms with Crippen molar-refractivity contribution in [3.63, 3.8) is 0 Å². The zero-order valence-corrected chi connectivity index (χ0v) is 20.4. The van der Waals surface area contributed by atoms with Gasteiger partial charge in [0.1, 0.15) is 19.3 Å². The summed E-state index contributed by atoms with van der Waals surface area (Å²) in [4.78, 5) is 48.1. The van der Waals surface area contributed by atoms with Crippen LogP contribution < -0.4 is 0 Å². The van der Waals surface area contributed by atoms with E-state index in [-0.39, 0.29) is 25.2 Å². The summed E-state index contributed by atoms with van der Waals surface area (Å²) in [5, 5.41) is 0. The minimum Gasteiger partial charge on any atom is -0.457 e. The lowest BCUT2D eigenvalue weighted by Gasteiger charge is -2.14. The molecule has 0 saturated heterocycles. The summed E-state index contributed by atoms with van der Waals surface area (Å²) in [6.07, 6.45) is 5.14. The van der Waals surface area contributed by atoms with E-state index in [0.29, 0.717) is 16.8 Å². The van der Waals surface area contributed by atoms with Crippen molar-refractivity contribution < 1.29 is 38.1 Å². The van der Waals surface area contributed by atoms with Crippen molar-refractivity contribution in [2.45, 2.75) is 66.9 Å². The highest BCUT2D eigenvalue weighted by atomic mass is 16.6. The van der Waals surface area contributed by atoms with Gasteiger partial charge in [-0.2, -0.15) is 0 Å². The van der Waals surface area contributed by atoms with Gasteiger partial charge in [-0.05, 0) is 40.7 Å². The van der Waals surface area contributed by atoms with Crippen LogP contribution in [-0.4, -0.2) is 35.1 Å². The Hall–Kier alpha value is -3.62. The van der Waals surface area contributed by atoms with E-state index in [4.69, 9.17) is 18.9 Å². The first-order chi connectivity index (χ1) is 16.1. The molecule has 2 heterocycles. The molecule has 1 aliphatic rings. The number of carbonyl (C=O) groups excluding carboxylic acids is 4. The van der Waals surface area contributed by atoms with Gasteiger partial charge in [-0.1, -0.05) is 17.7 Å². The lowest BCUT2D eigenvalue weighted by atomic mass is 10.1. The van der Waals surface area contributed by atoms with Crippen LogP contribution in [0.5, 0.6) is 0 Å². The van der Waals surface area contributed by atoms with Crippen LogP contribution in [0.25, 0.3) is 0 Å². The molecule has 1 aliphatic heterocycles. The third-order valence-electron chi connectivity index (χ3n) is 5.12. The van der Waals surface area contributed by atoms with Gasteiger partial charge in [0.2, 0.25) is 0 Å². The molecule has 0 fully saturated rings. The number of rotatable bonds is 9. The van der Waals surface area contributed by atoms with Gasteiger partial charge in [0, 0.05) is 36.8 Å². The standard InChI is InChI=1S/C25H31NO8/c1-7-16(5)24(29)31-13-18(8-2)25(30)32-14-19-9-10-26-21(33-17(6)27)12-20(23(19)26)34-22(28)11-15(3)4/h7-11,20-21H,12-14H2,1-6H3. The molecule has 0 N–H and O–H groups in total. The first-order valence-corrected chi connectivity index (χ1v) is 10.9. The molecule has 2 atom stereocenters. The predicted octanol–water partition coefficient (Wildman–Crippen LogP) is 4.00. The lowest BCUT2D eigenvalue weighted by Crippen LogP contribution is -2.16. The van der Waals surface area contributed by atoms with Gasteiger partial charge in [0.05, 0.1) is 11.3 Å². The first kappa shape index (κ1) is 26.6. The van der Waals surface area contributed by atoms with Gasteiger partial charge in [0.25, 0.3) is 0 Å². The Morgan fingerprint density at radius 1 is 1.00 bits per heavy atom. The van der Waals surface area contributed by atoms with E-state index in [1.165, 1.54) is 19.1 Å². The van der Waals surface area contributed by atoms with Gasteiger partial charge in [-0.3, -0.25) is 4.79 Å². The number of aromatic nitrogens is 1. The van der Waals surface area contributed by atoms with E-state index in [9.17, 15) is 19.2 Å². The quantitative estimate of drug-likeness (QED) is 0.301. The van der Waals surface area contributed by atoms with Gasteiger partial charge in [0.15, 0.2) is 6.23 Å². The fraction of sp³-hybridized carbons (Fsp3) is 0.440. The summed E-state index contributed by atoms with van der Waals surface area (Å²) in [7, 11) is 0.